The van der Waals surface area contributed by atoms with Crippen molar-refractivity contribution in [1.29, 1.82) is 0 Å². The molecule has 0 saturated heterocycles. The minimum absolute atomic E-state index is 0.0303. The minimum atomic E-state index is -0.0303. The molecule has 0 radical (unpaired) electrons. The molecular formula is C13H21N7. The van der Waals surface area contributed by atoms with E-state index in [4.69, 9.17) is 0 Å². The fourth-order valence-electron chi connectivity index (χ4n) is 1.55. The van der Waals surface area contributed by atoms with Gasteiger partial charge in [-0.2, -0.15) is 4.98 Å². The number of hydrogen-bond acceptors (Lipinski definition) is 6. The van der Waals surface area contributed by atoms with Gasteiger partial charge in [0.1, 0.15) is 5.82 Å². The highest BCUT2D eigenvalue weighted by Gasteiger charge is 2.16. The molecule has 0 aromatic carbocycles. The molecule has 2 aromatic rings. The Labute approximate surface area is 118 Å². The van der Waals surface area contributed by atoms with Crippen LogP contribution in [0.1, 0.15) is 32.2 Å². The molecule has 2 rings (SSSR count). The summed E-state index contributed by atoms with van der Waals surface area (Å²) in [5.41, 5.74) is 0.970. The summed E-state index contributed by atoms with van der Waals surface area (Å²) in [4.78, 5) is 14.9. The van der Waals surface area contributed by atoms with Crippen LogP contribution in [0.5, 0.6) is 0 Å². The van der Waals surface area contributed by atoms with Crippen molar-refractivity contribution in [3.63, 3.8) is 0 Å². The van der Waals surface area contributed by atoms with E-state index in [9.17, 15) is 0 Å². The highest BCUT2D eigenvalue weighted by Crippen LogP contribution is 2.17. The minimum Gasteiger partial charge on any atom is -0.350 e. The van der Waals surface area contributed by atoms with Crippen molar-refractivity contribution in [3.05, 3.63) is 23.8 Å². The van der Waals surface area contributed by atoms with E-state index in [0.717, 1.165) is 11.4 Å². The highest BCUT2D eigenvalue weighted by atomic mass is 15.4. The summed E-state index contributed by atoms with van der Waals surface area (Å²) in [5, 5.41) is 10.1. The van der Waals surface area contributed by atoms with Crippen LogP contribution in [0.25, 0.3) is 0 Å². The molecule has 7 nitrogen and oxygen atoms in total. The second-order valence-electron chi connectivity index (χ2n) is 5.90. The SMILES string of the molecule is CN(C)c1n[nH]c(NCc2cnc(C(C)(C)C)nc2)n1. The van der Waals surface area contributed by atoms with E-state index in [0.29, 0.717) is 18.4 Å². The van der Waals surface area contributed by atoms with E-state index in [1.54, 1.807) is 0 Å². The van der Waals surface area contributed by atoms with Crippen LogP contribution in [-0.2, 0) is 12.0 Å². The van der Waals surface area contributed by atoms with Crippen LogP contribution in [-0.4, -0.2) is 39.2 Å². The molecule has 2 heterocycles. The van der Waals surface area contributed by atoms with Gasteiger partial charge in [-0.05, 0) is 0 Å². The Kier molecular flexibility index (Phi) is 3.87. The summed E-state index contributed by atoms with van der Waals surface area (Å²) >= 11 is 0. The third kappa shape index (κ3) is 3.43. The number of nitrogens with one attached hydrogen (secondary N) is 2. The van der Waals surface area contributed by atoms with Crippen molar-refractivity contribution in [2.24, 2.45) is 0 Å². The third-order valence-electron chi connectivity index (χ3n) is 2.71. The number of anilines is 2. The number of hydrogen-bond donors (Lipinski definition) is 2. The Bertz CT molecular complexity index is 551. The molecular weight excluding hydrogens is 254 g/mol. The normalized spacial score (nSPS) is 11.4. The van der Waals surface area contributed by atoms with E-state index < -0.39 is 0 Å². The van der Waals surface area contributed by atoms with Gasteiger partial charge in [-0.3, -0.25) is 0 Å². The van der Waals surface area contributed by atoms with E-state index in [1.807, 2.05) is 31.4 Å². The summed E-state index contributed by atoms with van der Waals surface area (Å²) in [6, 6.07) is 0. The molecule has 0 atom stereocenters. The van der Waals surface area contributed by atoms with Crippen LogP contribution in [0.3, 0.4) is 0 Å². The number of H-pyrrole nitrogens is 1. The predicted octanol–water partition coefficient (Wildman–Crippen LogP) is 1.57. The summed E-state index contributed by atoms with van der Waals surface area (Å²) < 4.78 is 0. The van der Waals surface area contributed by atoms with Crippen LogP contribution in [0.4, 0.5) is 11.9 Å². The lowest BCUT2D eigenvalue weighted by Gasteiger charge is -2.16. The van der Waals surface area contributed by atoms with Gasteiger partial charge < -0.3 is 10.2 Å². The predicted molar refractivity (Wildman–Crippen MR) is 78.8 cm³/mol. The average Bonchev–Trinajstić information content (AvgIpc) is 2.85. The lowest BCUT2D eigenvalue weighted by atomic mass is 9.96. The molecule has 20 heavy (non-hydrogen) atoms. The van der Waals surface area contributed by atoms with Crippen molar-refractivity contribution < 1.29 is 0 Å². The topological polar surface area (TPSA) is 82.6 Å². The lowest BCUT2D eigenvalue weighted by Crippen LogP contribution is -2.16. The molecule has 0 saturated carbocycles. The molecule has 0 aliphatic heterocycles. The third-order valence-corrected chi connectivity index (χ3v) is 2.71. The van der Waals surface area contributed by atoms with Gasteiger partial charge in [-0.15, -0.1) is 5.10 Å². The smallest absolute Gasteiger partial charge is 0.245 e. The number of nitrogens with zero attached hydrogens (tertiary/aromatic N) is 5. The molecule has 0 aliphatic rings. The second-order valence-corrected chi connectivity index (χ2v) is 5.90. The van der Waals surface area contributed by atoms with E-state index in [-0.39, 0.29) is 5.41 Å². The maximum atomic E-state index is 4.39. The van der Waals surface area contributed by atoms with Crippen molar-refractivity contribution in [2.75, 3.05) is 24.3 Å². The Morgan fingerprint density at radius 2 is 1.85 bits per heavy atom. The molecule has 0 unspecified atom stereocenters. The van der Waals surface area contributed by atoms with E-state index in [2.05, 4.69) is 51.2 Å². The van der Waals surface area contributed by atoms with Gasteiger partial charge in [-0.25, -0.2) is 15.1 Å². The van der Waals surface area contributed by atoms with Gasteiger partial charge in [0.15, 0.2) is 0 Å². The Morgan fingerprint density at radius 1 is 1.20 bits per heavy atom. The fourth-order valence-corrected chi connectivity index (χ4v) is 1.55. The Hall–Kier alpha value is -2.18. The molecule has 0 fully saturated rings. The van der Waals surface area contributed by atoms with Gasteiger partial charge in [0, 0.05) is 44.0 Å². The van der Waals surface area contributed by atoms with Gasteiger partial charge >= 0.3 is 0 Å². The summed E-state index contributed by atoms with van der Waals surface area (Å²) in [7, 11) is 3.79. The molecule has 2 aromatic heterocycles. The van der Waals surface area contributed by atoms with Gasteiger partial charge in [-0.1, -0.05) is 20.8 Å². The van der Waals surface area contributed by atoms with Crippen molar-refractivity contribution in [1.82, 2.24) is 25.1 Å². The Balaban J connectivity index is 1.97. The van der Waals surface area contributed by atoms with Crippen LogP contribution < -0.4 is 10.2 Å². The zero-order chi connectivity index (χ0) is 14.8. The lowest BCUT2D eigenvalue weighted by molar-refractivity contribution is 0.544. The van der Waals surface area contributed by atoms with Crippen LogP contribution in [0.2, 0.25) is 0 Å². The first kappa shape index (κ1) is 14.2. The quantitative estimate of drug-likeness (QED) is 0.881. The molecule has 0 spiro atoms. The first-order valence-corrected chi connectivity index (χ1v) is 6.51. The second kappa shape index (κ2) is 5.44. The molecule has 0 aliphatic carbocycles. The average molecular weight is 275 g/mol. The summed E-state index contributed by atoms with van der Waals surface area (Å²) in [5.74, 6) is 2.12. The molecule has 0 bridgehead atoms. The van der Waals surface area contributed by atoms with Crippen molar-refractivity contribution in [2.45, 2.75) is 32.7 Å². The van der Waals surface area contributed by atoms with Crippen LogP contribution >= 0.6 is 0 Å². The molecule has 7 heteroatoms. The molecule has 0 amide bonds. The molecule has 2 N–H and O–H groups in total. The summed E-state index contributed by atoms with van der Waals surface area (Å²) in [6.07, 6.45) is 3.67. The van der Waals surface area contributed by atoms with Crippen LogP contribution in [0.15, 0.2) is 12.4 Å². The number of rotatable bonds is 4. The fraction of sp³-hybridized carbons (Fsp3) is 0.538. The van der Waals surface area contributed by atoms with Gasteiger partial charge in [0.2, 0.25) is 11.9 Å². The van der Waals surface area contributed by atoms with Gasteiger partial charge in [0.25, 0.3) is 0 Å². The van der Waals surface area contributed by atoms with Gasteiger partial charge in [0.05, 0.1) is 0 Å². The standard InChI is InChI=1S/C13H21N7/c1-13(2,3)10-14-6-9(7-15-10)8-16-11-17-12(19-18-11)20(4)5/h6-7H,8H2,1-5H3,(H2,16,17,18,19). The summed E-state index contributed by atoms with van der Waals surface area (Å²) in [6.45, 7) is 6.89. The van der Waals surface area contributed by atoms with E-state index in [1.165, 1.54) is 0 Å². The van der Waals surface area contributed by atoms with Crippen molar-refractivity contribution >= 4 is 11.9 Å². The monoisotopic (exact) mass is 275 g/mol. The number of aromatic amines is 1. The largest absolute Gasteiger partial charge is 0.350 e. The van der Waals surface area contributed by atoms with E-state index >= 15 is 0 Å². The van der Waals surface area contributed by atoms with Crippen molar-refractivity contribution in [3.8, 4) is 0 Å². The zero-order valence-electron chi connectivity index (χ0n) is 12.6. The zero-order valence-corrected chi connectivity index (χ0v) is 12.6. The molecule has 108 valence electrons. The first-order valence-electron chi connectivity index (χ1n) is 6.51. The maximum absolute atomic E-state index is 4.39. The number of aromatic nitrogens is 5. The maximum Gasteiger partial charge on any atom is 0.245 e. The Morgan fingerprint density at radius 3 is 2.35 bits per heavy atom. The first-order chi connectivity index (χ1) is 9.36. The highest BCUT2D eigenvalue weighted by molar-refractivity contribution is 5.35. The van der Waals surface area contributed by atoms with Crippen LogP contribution in [0, 0.1) is 0 Å².